The second-order valence-electron chi connectivity index (χ2n) is 3.37. The fourth-order valence-corrected chi connectivity index (χ4v) is 2.70. The zero-order chi connectivity index (χ0) is 11.7. The zero-order valence-electron chi connectivity index (χ0n) is 8.62. The van der Waals surface area contributed by atoms with Crippen LogP contribution in [0.15, 0.2) is 45.0 Å². The summed E-state index contributed by atoms with van der Waals surface area (Å²) < 4.78 is 5.12. The summed E-state index contributed by atoms with van der Waals surface area (Å²) in [5.41, 5.74) is 1.32. The van der Waals surface area contributed by atoms with Gasteiger partial charge in [-0.25, -0.2) is 9.79 Å². The van der Waals surface area contributed by atoms with Gasteiger partial charge in [0, 0.05) is 0 Å². The van der Waals surface area contributed by atoms with E-state index < -0.39 is 0 Å². The highest BCUT2D eigenvalue weighted by molar-refractivity contribution is 7.12. The summed E-state index contributed by atoms with van der Waals surface area (Å²) in [4.78, 5) is 16.7. The highest BCUT2D eigenvalue weighted by atomic mass is 32.1. The maximum absolute atomic E-state index is 11.6. The fraction of sp³-hybridized carbons (Fsp3) is 0. The average Bonchev–Trinajstić information content (AvgIpc) is 3.02. The molecule has 0 unspecified atom stereocenters. The van der Waals surface area contributed by atoms with E-state index in [2.05, 4.69) is 4.99 Å². The molecule has 0 radical (unpaired) electrons. The van der Waals surface area contributed by atoms with Crippen molar-refractivity contribution in [1.29, 1.82) is 0 Å². The number of nitrogens with zero attached hydrogens (tertiary/aromatic N) is 1. The minimum Gasteiger partial charge on any atom is -0.401 e. The molecule has 3 heterocycles. The molecule has 0 aliphatic carbocycles. The Balaban J connectivity index is 1.95. The number of ether oxygens (including phenoxy) is 1. The van der Waals surface area contributed by atoms with Crippen molar-refractivity contribution >= 4 is 40.6 Å². The van der Waals surface area contributed by atoms with Crippen molar-refractivity contribution in [1.82, 2.24) is 0 Å². The Morgan fingerprint density at radius 2 is 2.24 bits per heavy atom. The van der Waals surface area contributed by atoms with Crippen molar-refractivity contribution in [2.75, 3.05) is 0 Å². The lowest BCUT2D eigenvalue weighted by atomic mass is 10.3. The van der Waals surface area contributed by atoms with Crippen molar-refractivity contribution in [2.45, 2.75) is 0 Å². The predicted molar refractivity (Wildman–Crippen MR) is 69.2 cm³/mol. The van der Waals surface area contributed by atoms with Gasteiger partial charge in [0.25, 0.3) is 0 Å². The minimum absolute atomic E-state index is 0.354. The number of cyclic esters (lactones) is 1. The van der Waals surface area contributed by atoms with Gasteiger partial charge in [-0.2, -0.15) is 11.3 Å². The highest BCUT2D eigenvalue weighted by Crippen LogP contribution is 2.21. The van der Waals surface area contributed by atoms with Crippen LogP contribution in [0.1, 0.15) is 10.4 Å². The van der Waals surface area contributed by atoms with Gasteiger partial charge in [0.1, 0.15) is 0 Å². The number of thiophene rings is 2. The van der Waals surface area contributed by atoms with Crippen molar-refractivity contribution in [2.24, 2.45) is 4.99 Å². The predicted octanol–water partition coefficient (Wildman–Crippen LogP) is 3.15. The third kappa shape index (κ3) is 2.07. The van der Waals surface area contributed by atoms with Crippen molar-refractivity contribution in [3.05, 3.63) is 50.5 Å². The number of carbonyl (C=O) groups excluding carboxylic acids is 1. The molecule has 0 amide bonds. The molecule has 17 heavy (non-hydrogen) atoms. The van der Waals surface area contributed by atoms with E-state index in [9.17, 15) is 4.79 Å². The molecule has 0 aromatic carbocycles. The summed E-state index contributed by atoms with van der Waals surface area (Å²) in [6.45, 7) is 0. The van der Waals surface area contributed by atoms with E-state index in [4.69, 9.17) is 4.74 Å². The van der Waals surface area contributed by atoms with Crippen molar-refractivity contribution < 1.29 is 9.53 Å². The first-order chi connectivity index (χ1) is 8.33. The third-order valence-corrected chi connectivity index (χ3v) is 3.76. The monoisotopic (exact) mass is 261 g/mol. The Morgan fingerprint density at radius 1 is 1.29 bits per heavy atom. The molecule has 1 aliphatic rings. The molecule has 2 aromatic heterocycles. The maximum Gasteiger partial charge on any atom is 0.363 e. The van der Waals surface area contributed by atoms with E-state index >= 15 is 0 Å². The number of aliphatic imine (C=N–C) groups is 1. The summed E-state index contributed by atoms with van der Waals surface area (Å²) in [6.07, 6.45) is 1.74. The lowest BCUT2D eigenvalue weighted by Gasteiger charge is -1.92. The summed E-state index contributed by atoms with van der Waals surface area (Å²) in [7, 11) is 0. The number of esters is 1. The molecule has 3 nitrogen and oxygen atoms in total. The first kappa shape index (κ1) is 10.4. The van der Waals surface area contributed by atoms with Crippen LogP contribution in [0.2, 0.25) is 0 Å². The molecular formula is C12H7NO2S2. The van der Waals surface area contributed by atoms with E-state index in [1.165, 1.54) is 11.3 Å². The Labute approximate surface area is 106 Å². The second kappa shape index (κ2) is 4.27. The lowest BCUT2D eigenvalue weighted by molar-refractivity contribution is -0.129. The number of hydrogen-bond acceptors (Lipinski definition) is 5. The molecule has 0 N–H and O–H groups in total. The van der Waals surface area contributed by atoms with E-state index in [0.29, 0.717) is 11.6 Å². The second-order valence-corrected chi connectivity index (χ2v) is 5.10. The van der Waals surface area contributed by atoms with Crippen LogP contribution in [0, 0.1) is 0 Å². The van der Waals surface area contributed by atoms with Crippen LogP contribution < -0.4 is 0 Å². The number of rotatable bonds is 2. The maximum atomic E-state index is 11.6. The molecule has 3 rings (SSSR count). The normalized spacial score (nSPS) is 17.3. The Bertz CT molecular complexity index is 595. The van der Waals surface area contributed by atoms with E-state index in [0.717, 1.165) is 10.4 Å². The Hall–Kier alpha value is -1.72. The molecule has 1 aliphatic heterocycles. The van der Waals surface area contributed by atoms with Gasteiger partial charge in [0.2, 0.25) is 5.90 Å². The zero-order valence-corrected chi connectivity index (χ0v) is 10.3. The van der Waals surface area contributed by atoms with Gasteiger partial charge < -0.3 is 4.74 Å². The van der Waals surface area contributed by atoms with Gasteiger partial charge in [0.05, 0.1) is 4.88 Å². The first-order valence-electron chi connectivity index (χ1n) is 4.91. The molecule has 2 aromatic rings. The standard InChI is InChI=1S/C12H7NO2S2/c14-12-9(6-8-3-5-16-7-8)13-11(15-12)10-2-1-4-17-10/h1-7H/b9-6+. The van der Waals surface area contributed by atoms with Crippen LogP contribution in [-0.2, 0) is 9.53 Å². The summed E-state index contributed by atoms with van der Waals surface area (Å²) in [5, 5.41) is 5.84. The quantitative estimate of drug-likeness (QED) is 0.615. The van der Waals surface area contributed by atoms with Gasteiger partial charge >= 0.3 is 5.97 Å². The Kier molecular flexibility index (Phi) is 2.62. The van der Waals surface area contributed by atoms with Crippen LogP contribution >= 0.6 is 22.7 Å². The van der Waals surface area contributed by atoms with E-state index in [1.807, 2.05) is 34.3 Å². The first-order valence-corrected chi connectivity index (χ1v) is 6.74. The molecule has 0 atom stereocenters. The van der Waals surface area contributed by atoms with Gasteiger partial charge in [0.15, 0.2) is 5.70 Å². The Morgan fingerprint density at radius 3 is 2.94 bits per heavy atom. The lowest BCUT2D eigenvalue weighted by Crippen LogP contribution is -2.03. The molecule has 0 saturated heterocycles. The van der Waals surface area contributed by atoms with Crippen molar-refractivity contribution in [3.8, 4) is 0 Å². The topological polar surface area (TPSA) is 38.7 Å². The van der Waals surface area contributed by atoms with Crippen LogP contribution in [0.5, 0.6) is 0 Å². The van der Waals surface area contributed by atoms with Crippen LogP contribution in [0.3, 0.4) is 0 Å². The molecule has 0 bridgehead atoms. The summed E-state index contributed by atoms with van der Waals surface area (Å²) in [5.74, 6) is 0.00563. The minimum atomic E-state index is -0.389. The summed E-state index contributed by atoms with van der Waals surface area (Å²) in [6, 6.07) is 5.71. The van der Waals surface area contributed by atoms with E-state index in [1.54, 1.807) is 17.4 Å². The van der Waals surface area contributed by atoms with Gasteiger partial charge in [-0.05, 0) is 39.9 Å². The number of hydrogen-bond donors (Lipinski definition) is 0. The van der Waals surface area contributed by atoms with Gasteiger partial charge in [-0.3, -0.25) is 0 Å². The molecular weight excluding hydrogens is 254 g/mol. The number of carbonyl (C=O) groups is 1. The van der Waals surface area contributed by atoms with E-state index in [-0.39, 0.29) is 5.97 Å². The molecule has 0 saturated carbocycles. The van der Waals surface area contributed by atoms with Gasteiger partial charge in [-0.1, -0.05) is 6.07 Å². The van der Waals surface area contributed by atoms with Crippen LogP contribution in [0.4, 0.5) is 0 Å². The third-order valence-electron chi connectivity index (χ3n) is 2.20. The fourth-order valence-electron chi connectivity index (χ4n) is 1.43. The smallest absolute Gasteiger partial charge is 0.363 e. The van der Waals surface area contributed by atoms with Crippen LogP contribution in [-0.4, -0.2) is 11.9 Å². The van der Waals surface area contributed by atoms with Crippen LogP contribution in [0.25, 0.3) is 6.08 Å². The molecule has 5 heteroatoms. The molecule has 0 fully saturated rings. The average molecular weight is 261 g/mol. The highest BCUT2D eigenvalue weighted by Gasteiger charge is 2.24. The molecule has 0 spiro atoms. The van der Waals surface area contributed by atoms with Crippen molar-refractivity contribution in [3.63, 3.8) is 0 Å². The molecule has 84 valence electrons. The summed E-state index contributed by atoms with van der Waals surface area (Å²) >= 11 is 3.08. The van der Waals surface area contributed by atoms with Gasteiger partial charge in [-0.15, -0.1) is 11.3 Å². The largest absolute Gasteiger partial charge is 0.401 e. The SMILES string of the molecule is O=C1OC(c2cccs2)=N/C1=C/c1ccsc1.